The van der Waals surface area contributed by atoms with Crippen LogP contribution < -0.4 is 5.32 Å². The molecule has 1 aromatic rings. The van der Waals surface area contributed by atoms with Crippen molar-refractivity contribution in [3.8, 4) is 6.07 Å². The molecule has 0 bridgehead atoms. The lowest BCUT2D eigenvalue weighted by molar-refractivity contribution is 0.0532. The minimum Gasteiger partial charge on any atom is -0.387 e. The highest BCUT2D eigenvalue weighted by atomic mass is 16.5. The number of aliphatic hydroxyl groups is 1. The van der Waals surface area contributed by atoms with Gasteiger partial charge in [-0.05, 0) is 36.5 Å². The number of hydrogen-bond donors (Lipinski definition) is 2. The number of ether oxygens (including phenoxy) is 1. The van der Waals surface area contributed by atoms with Crippen molar-refractivity contribution in [2.45, 2.75) is 18.9 Å². The molecule has 2 rings (SSSR count). The zero-order valence-corrected chi connectivity index (χ0v) is 11.0. The first kappa shape index (κ1) is 14.0. The number of nitrogens with one attached hydrogen (secondary N) is 1. The maximum Gasteiger partial charge on any atom is 0.0991 e. The molecule has 2 atom stereocenters. The van der Waals surface area contributed by atoms with E-state index < -0.39 is 6.10 Å². The second-order valence-electron chi connectivity index (χ2n) is 4.99. The third kappa shape index (κ3) is 4.32. The molecular weight excluding hydrogens is 240 g/mol. The average molecular weight is 260 g/mol. The largest absolute Gasteiger partial charge is 0.387 e. The molecule has 1 saturated heterocycles. The van der Waals surface area contributed by atoms with Crippen molar-refractivity contribution in [3.63, 3.8) is 0 Å². The van der Waals surface area contributed by atoms with Crippen LogP contribution in [-0.4, -0.2) is 31.4 Å². The smallest absolute Gasteiger partial charge is 0.0991 e. The molecule has 0 aliphatic carbocycles. The second kappa shape index (κ2) is 7.25. The second-order valence-corrected chi connectivity index (χ2v) is 4.99. The molecule has 4 nitrogen and oxygen atoms in total. The third-order valence-electron chi connectivity index (χ3n) is 3.45. The van der Waals surface area contributed by atoms with Crippen LogP contribution in [0.3, 0.4) is 0 Å². The van der Waals surface area contributed by atoms with Gasteiger partial charge in [-0.3, -0.25) is 0 Å². The Morgan fingerprint density at radius 2 is 2.21 bits per heavy atom. The molecular formula is C15H20N2O2. The molecule has 19 heavy (non-hydrogen) atoms. The summed E-state index contributed by atoms with van der Waals surface area (Å²) in [4.78, 5) is 0. The van der Waals surface area contributed by atoms with Gasteiger partial charge in [0.1, 0.15) is 0 Å². The fraction of sp³-hybridized carbons (Fsp3) is 0.533. The third-order valence-corrected chi connectivity index (χ3v) is 3.45. The van der Waals surface area contributed by atoms with Crippen molar-refractivity contribution in [1.82, 2.24) is 5.32 Å². The molecule has 1 aromatic carbocycles. The highest BCUT2D eigenvalue weighted by Crippen LogP contribution is 2.14. The highest BCUT2D eigenvalue weighted by molar-refractivity contribution is 5.32. The Kier molecular flexibility index (Phi) is 5.34. The van der Waals surface area contributed by atoms with Crippen LogP contribution in [0.25, 0.3) is 0 Å². The minimum absolute atomic E-state index is 0.530. The standard InChI is InChI=1S/C15H20N2O2/c16-8-12-3-5-14(6-4-12)15(18)10-17-9-13-2-1-7-19-11-13/h3-6,13,15,17-18H,1-2,7,9-11H2. The number of aliphatic hydroxyl groups excluding tert-OH is 1. The maximum absolute atomic E-state index is 10.0. The Morgan fingerprint density at radius 3 is 2.84 bits per heavy atom. The van der Waals surface area contributed by atoms with Gasteiger partial charge in [-0.15, -0.1) is 0 Å². The number of nitrogens with zero attached hydrogens (tertiary/aromatic N) is 1. The summed E-state index contributed by atoms with van der Waals surface area (Å²) < 4.78 is 5.42. The maximum atomic E-state index is 10.0. The van der Waals surface area contributed by atoms with Gasteiger partial charge in [0.2, 0.25) is 0 Å². The quantitative estimate of drug-likeness (QED) is 0.844. The van der Waals surface area contributed by atoms with Crippen LogP contribution in [0.4, 0.5) is 0 Å². The van der Waals surface area contributed by atoms with Crippen molar-refractivity contribution in [2.24, 2.45) is 5.92 Å². The predicted molar refractivity (Wildman–Crippen MR) is 72.5 cm³/mol. The number of nitriles is 1. The minimum atomic E-state index is -0.530. The van der Waals surface area contributed by atoms with E-state index in [2.05, 4.69) is 11.4 Å². The van der Waals surface area contributed by atoms with Gasteiger partial charge in [0.05, 0.1) is 24.3 Å². The van der Waals surface area contributed by atoms with E-state index in [1.807, 2.05) is 0 Å². The summed E-state index contributed by atoms with van der Waals surface area (Å²) in [5, 5.41) is 22.0. The van der Waals surface area contributed by atoms with Crippen LogP contribution in [0.2, 0.25) is 0 Å². The van der Waals surface area contributed by atoms with Gasteiger partial charge in [-0.2, -0.15) is 5.26 Å². The fourth-order valence-electron chi connectivity index (χ4n) is 2.29. The molecule has 0 amide bonds. The van der Waals surface area contributed by atoms with Gasteiger partial charge in [0.25, 0.3) is 0 Å². The van der Waals surface area contributed by atoms with Crippen molar-refractivity contribution < 1.29 is 9.84 Å². The summed E-state index contributed by atoms with van der Waals surface area (Å²) in [6.07, 6.45) is 1.79. The molecule has 102 valence electrons. The van der Waals surface area contributed by atoms with Crippen LogP contribution in [0.1, 0.15) is 30.1 Å². The van der Waals surface area contributed by atoms with Crippen LogP contribution in [0.15, 0.2) is 24.3 Å². The summed E-state index contributed by atoms with van der Waals surface area (Å²) in [7, 11) is 0. The van der Waals surface area contributed by atoms with E-state index in [4.69, 9.17) is 10.00 Å². The van der Waals surface area contributed by atoms with Gasteiger partial charge in [-0.1, -0.05) is 12.1 Å². The average Bonchev–Trinajstić information content (AvgIpc) is 2.48. The molecule has 4 heteroatoms. The number of rotatable bonds is 5. The van der Waals surface area contributed by atoms with Gasteiger partial charge in [0, 0.05) is 19.7 Å². The van der Waals surface area contributed by atoms with Gasteiger partial charge < -0.3 is 15.2 Å². The van der Waals surface area contributed by atoms with E-state index in [1.54, 1.807) is 24.3 Å². The predicted octanol–water partition coefficient (Wildman–Crippen LogP) is 1.61. The highest BCUT2D eigenvalue weighted by Gasteiger charge is 2.14. The molecule has 0 aromatic heterocycles. The Labute approximate surface area is 114 Å². The van der Waals surface area contributed by atoms with Crippen LogP contribution in [-0.2, 0) is 4.74 Å². The first-order chi connectivity index (χ1) is 9.29. The summed E-state index contributed by atoms with van der Waals surface area (Å²) in [6, 6.07) is 9.13. The van der Waals surface area contributed by atoms with Crippen molar-refractivity contribution in [1.29, 1.82) is 5.26 Å². The summed E-state index contributed by atoms with van der Waals surface area (Å²) in [5.41, 5.74) is 1.45. The summed E-state index contributed by atoms with van der Waals surface area (Å²) in [5.74, 6) is 0.557. The van der Waals surface area contributed by atoms with Crippen molar-refractivity contribution in [2.75, 3.05) is 26.3 Å². The SMILES string of the molecule is N#Cc1ccc(C(O)CNCC2CCCOC2)cc1. The van der Waals surface area contributed by atoms with E-state index in [-0.39, 0.29) is 0 Å². The Balaban J connectivity index is 1.73. The summed E-state index contributed by atoms with van der Waals surface area (Å²) in [6.45, 7) is 3.11. The Bertz CT molecular complexity index is 419. The molecule has 1 heterocycles. The van der Waals surface area contributed by atoms with E-state index in [9.17, 15) is 5.11 Å². The lowest BCUT2D eigenvalue weighted by Crippen LogP contribution is -2.31. The van der Waals surface area contributed by atoms with E-state index >= 15 is 0 Å². The zero-order valence-electron chi connectivity index (χ0n) is 11.0. The van der Waals surface area contributed by atoms with E-state index in [1.165, 1.54) is 6.42 Å². The molecule has 1 aliphatic heterocycles. The van der Waals surface area contributed by atoms with Crippen LogP contribution in [0.5, 0.6) is 0 Å². The van der Waals surface area contributed by atoms with Gasteiger partial charge in [-0.25, -0.2) is 0 Å². The lowest BCUT2D eigenvalue weighted by atomic mass is 10.0. The summed E-state index contributed by atoms with van der Waals surface area (Å²) >= 11 is 0. The topological polar surface area (TPSA) is 65.3 Å². The van der Waals surface area contributed by atoms with Gasteiger partial charge in [0.15, 0.2) is 0 Å². The van der Waals surface area contributed by atoms with E-state index in [0.29, 0.717) is 18.0 Å². The molecule has 2 N–H and O–H groups in total. The zero-order chi connectivity index (χ0) is 13.5. The Hall–Kier alpha value is -1.41. The normalized spacial score (nSPS) is 20.7. The lowest BCUT2D eigenvalue weighted by Gasteiger charge is -2.23. The van der Waals surface area contributed by atoms with Crippen LogP contribution >= 0.6 is 0 Å². The fourth-order valence-corrected chi connectivity index (χ4v) is 2.29. The molecule has 2 unspecified atom stereocenters. The first-order valence-corrected chi connectivity index (χ1v) is 6.76. The number of hydrogen-bond acceptors (Lipinski definition) is 4. The molecule has 1 fully saturated rings. The molecule has 0 spiro atoms. The van der Waals surface area contributed by atoms with Crippen LogP contribution in [0, 0.1) is 17.2 Å². The Morgan fingerprint density at radius 1 is 1.42 bits per heavy atom. The molecule has 0 saturated carbocycles. The van der Waals surface area contributed by atoms with Crippen molar-refractivity contribution >= 4 is 0 Å². The van der Waals surface area contributed by atoms with Gasteiger partial charge >= 0.3 is 0 Å². The monoisotopic (exact) mass is 260 g/mol. The first-order valence-electron chi connectivity index (χ1n) is 6.76. The number of benzene rings is 1. The van der Waals surface area contributed by atoms with E-state index in [0.717, 1.165) is 31.7 Å². The molecule has 0 radical (unpaired) electrons. The molecule has 1 aliphatic rings. The van der Waals surface area contributed by atoms with Crippen molar-refractivity contribution in [3.05, 3.63) is 35.4 Å².